The van der Waals surface area contributed by atoms with Gasteiger partial charge in [-0.05, 0) is 38.0 Å². The minimum atomic E-state index is -0.118. The second-order valence-electron chi connectivity index (χ2n) is 6.08. The Hall–Kier alpha value is -2.70. The molecule has 3 heterocycles. The molecule has 0 atom stereocenters. The zero-order valence-corrected chi connectivity index (χ0v) is 13.9. The monoisotopic (exact) mass is 327 g/mol. The average Bonchev–Trinajstić information content (AvgIpc) is 2.58. The van der Waals surface area contributed by atoms with E-state index in [4.69, 9.17) is 0 Å². The van der Waals surface area contributed by atoms with Crippen molar-refractivity contribution in [1.29, 1.82) is 0 Å². The molecule has 7 heteroatoms. The fraction of sp³-hybridized carbons (Fsp3) is 0.412. The molecule has 24 heavy (non-hydrogen) atoms. The van der Waals surface area contributed by atoms with Crippen LogP contribution in [-0.2, 0) is 7.05 Å². The standard InChI is InChI=1S/C17H21N5O2/c1-12-3-4-13(11-18-12)17(24)19-14-7-9-22(10-8-14)15-5-6-16(23)21(2)20-15/h3-6,11,14H,7-10H2,1-2H3,(H,19,24). The molecule has 0 spiro atoms. The highest BCUT2D eigenvalue weighted by molar-refractivity contribution is 5.94. The predicted octanol–water partition coefficient (Wildman–Crippen LogP) is 0.883. The quantitative estimate of drug-likeness (QED) is 0.905. The van der Waals surface area contributed by atoms with Crippen molar-refractivity contribution in [3.63, 3.8) is 0 Å². The van der Waals surface area contributed by atoms with E-state index in [1.165, 1.54) is 10.7 Å². The summed E-state index contributed by atoms with van der Waals surface area (Å²) in [7, 11) is 1.65. The Kier molecular flexibility index (Phi) is 4.59. The normalized spacial score (nSPS) is 15.3. The summed E-state index contributed by atoms with van der Waals surface area (Å²) in [5.41, 5.74) is 1.36. The molecule has 2 aromatic heterocycles. The fourth-order valence-corrected chi connectivity index (χ4v) is 2.78. The number of carbonyl (C=O) groups is 1. The van der Waals surface area contributed by atoms with E-state index in [0.717, 1.165) is 37.4 Å². The summed E-state index contributed by atoms with van der Waals surface area (Å²) >= 11 is 0. The number of hydrogen-bond acceptors (Lipinski definition) is 5. The first-order valence-electron chi connectivity index (χ1n) is 8.06. The maximum atomic E-state index is 12.2. The number of nitrogens with zero attached hydrogens (tertiary/aromatic N) is 4. The molecule has 1 fully saturated rings. The highest BCUT2D eigenvalue weighted by atomic mass is 16.1. The summed E-state index contributed by atoms with van der Waals surface area (Å²) in [5.74, 6) is 0.714. The van der Waals surface area contributed by atoms with Crippen molar-refractivity contribution >= 4 is 11.7 Å². The van der Waals surface area contributed by atoms with E-state index in [1.807, 2.05) is 13.0 Å². The second-order valence-corrected chi connectivity index (χ2v) is 6.08. The van der Waals surface area contributed by atoms with Crippen LogP contribution in [-0.4, -0.2) is 39.8 Å². The van der Waals surface area contributed by atoms with Gasteiger partial charge < -0.3 is 10.2 Å². The largest absolute Gasteiger partial charge is 0.355 e. The molecule has 0 aliphatic carbocycles. The number of rotatable bonds is 3. The van der Waals surface area contributed by atoms with E-state index in [1.54, 1.807) is 25.4 Å². The molecule has 1 amide bonds. The summed E-state index contributed by atoms with van der Waals surface area (Å²) < 4.78 is 1.34. The van der Waals surface area contributed by atoms with Gasteiger partial charge in [0.2, 0.25) is 0 Å². The Bertz CT molecular complexity index is 776. The lowest BCUT2D eigenvalue weighted by molar-refractivity contribution is 0.0930. The Labute approximate surface area is 140 Å². The summed E-state index contributed by atoms with van der Waals surface area (Å²) in [4.78, 5) is 29.9. The molecule has 0 bridgehead atoms. The van der Waals surface area contributed by atoms with Crippen LogP contribution in [0, 0.1) is 6.92 Å². The van der Waals surface area contributed by atoms with Crippen LogP contribution < -0.4 is 15.8 Å². The third-order valence-electron chi connectivity index (χ3n) is 4.27. The lowest BCUT2D eigenvalue weighted by Crippen LogP contribution is -2.45. The molecule has 1 aliphatic heterocycles. The van der Waals surface area contributed by atoms with Gasteiger partial charge in [0.15, 0.2) is 0 Å². The number of carbonyl (C=O) groups excluding carboxylic acids is 1. The molecule has 1 saturated heterocycles. The Morgan fingerprint density at radius 2 is 1.96 bits per heavy atom. The van der Waals surface area contributed by atoms with Gasteiger partial charge in [-0.25, -0.2) is 4.68 Å². The van der Waals surface area contributed by atoms with E-state index in [-0.39, 0.29) is 17.5 Å². The number of aryl methyl sites for hydroxylation is 2. The van der Waals surface area contributed by atoms with Crippen LogP contribution in [0.1, 0.15) is 28.9 Å². The number of pyridine rings is 1. The van der Waals surface area contributed by atoms with E-state index in [9.17, 15) is 9.59 Å². The maximum absolute atomic E-state index is 12.2. The van der Waals surface area contributed by atoms with Gasteiger partial charge in [0, 0.05) is 44.1 Å². The first kappa shape index (κ1) is 16.2. The van der Waals surface area contributed by atoms with Gasteiger partial charge in [-0.3, -0.25) is 14.6 Å². The van der Waals surface area contributed by atoms with Crippen LogP contribution in [0.3, 0.4) is 0 Å². The summed E-state index contributed by atoms with van der Waals surface area (Å²) in [6, 6.07) is 7.05. The van der Waals surface area contributed by atoms with Crippen molar-refractivity contribution in [2.24, 2.45) is 7.05 Å². The highest BCUT2D eigenvalue weighted by Gasteiger charge is 2.22. The summed E-state index contributed by atoms with van der Waals surface area (Å²) in [6.07, 6.45) is 3.29. The van der Waals surface area contributed by atoms with E-state index < -0.39 is 0 Å². The van der Waals surface area contributed by atoms with Crippen LogP contribution in [0.15, 0.2) is 35.3 Å². The van der Waals surface area contributed by atoms with Crippen molar-refractivity contribution in [1.82, 2.24) is 20.1 Å². The SMILES string of the molecule is Cc1ccc(C(=O)NC2CCN(c3ccc(=O)n(C)n3)CC2)cn1. The molecule has 0 aromatic carbocycles. The van der Waals surface area contributed by atoms with Gasteiger partial charge in [0.25, 0.3) is 11.5 Å². The van der Waals surface area contributed by atoms with E-state index in [0.29, 0.717) is 5.56 Å². The van der Waals surface area contributed by atoms with Crippen LogP contribution in [0.25, 0.3) is 0 Å². The van der Waals surface area contributed by atoms with Crippen LogP contribution in [0.2, 0.25) is 0 Å². The lowest BCUT2D eigenvalue weighted by atomic mass is 10.0. The highest BCUT2D eigenvalue weighted by Crippen LogP contribution is 2.17. The van der Waals surface area contributed by atoms with Crippen molar-refractivity contribution in [2.45, 2.75) is 25.8 Å². The number of hydrogen-bond donors (Lipinski definition) is 1. The number of piperidine rings is 1. The lowest BCUT2D eigenvalue weighted by Gasteiger charge is -2.33. The molecular weight excluding hydrogens is 306 g/mol. The minimum Gasteiger partial charge on any atom is -0.355 e. The van der Waals surface area contributed by atoms with Gasteiger partial charge >= 0.3 is 0 Å². The van der Waals surface area contributed by atoms with Crippen LogP contribution in [0.5, 0.6) is 0 Å². The molecule has 1 N–H and O–H groups in total. The Morgan fingerprint density at radius 1 is 1.21 bits per heavy atom. The van der Waals surface area contributed by atoms with Crippen molar-refractivity contribution in [3.05, 3.63) is 52.1 Å². The molecule has 0 radical (unpaired) electrons. The van der Waals surface area contributed by atoms with Gasteiger partial charge in [-0.2, -0.15) is 5.10 Å². The topological polar surface area (TPSA) is 80.1 Å². The van der Waals surface area contributed by atoms with Gasteiger partial charge in [0.1, 0.15) is 5.82 Å². The van der Waals surface area contributed by atoms with Gasteiger partial charge in [-0.15, -0.1) is 0 Å². The zero-order chi connectivity index (χ0) is 17.1. The molecule has 0 unspecified atom stereocenters. The average molecular weight is 327 g/mol. The molecule has 1 aliphatic rings. The second kappa shape index (κ2) is 6.82. The van der Waals surface area contributed by atoms with Crippen LogP contribution >= 0.6 is 0 Å². The molecule has 126 valence electrons. The first-order chi connectivity index (χ1) is 11.5. The van der Waals surface area contributed by atoms with Gasteiger partial charge in [0.05, 0.1) is 5.56 Å². The molecule has 7 nitrogen and oxygen atoms in total. The fourth-order valence-electron chi connectivity index (χ4n) is 2.78. The Balaban J connectivity index is 1.56. The number of amides is 1. The van der Waals surface area contributed by atoms with Crippen molar-refractivity contribution in [2.75, 3.05) is 18.0 Å². The number of anilines is 1. The Morgan fingerprint density at radius 3 is 2.58 bits per heavy atom. The summed E-state index contributed by atoms with van der Waals surface area (Å²) in [5, 5.41) is 7.34. The van der Waals surface area contributed by atoms with Crippen LogP contribution in [0.4, 0.5) is 5.82 Å². The number of nitrogens with one attached hydrogen (secondary N) is 1. The van der Waals surface area contributed by atoms with E-state index in [2.05, 4.69) is 20.3 Å². The van der Waals surface area contributed by atoms with E-state index >= 15 is 0 Å². The zero-order valence-electron chi connectivity index (χ0n) is 13.9. The third kappa shape index (κ3) is 3.61. The third-order valence-corrected chi connectivity index (χ3v) is 4.27. The first-order valence-corrected chi connectivity index (χ1v) is 8.06. The molecule has 2 aromatic rings. The van der Waals surface area contributed by atoms with Gasteiger partial charge in [-0.1, -0.05) is 0 Å². The minimum absolute atomic E-state index is 0.0822. The maximum Gasteiger partial charge on any atom is 0.266 e. The summed E-state index contributed by atoms with van der Waals surface area (Å²) in [6.45, 7) is 3.48. The predicted molar refractivity (Wildman–Crippen MR) is 91.2 cm³/mol. The van der Waals surface area contributed by atoms with Crippen molar-refractivity contribution < 1.29 is 4.79 Å². The molecule has 3 rings (SSSR count). The van der Waals surface area contributed by atoms with Crippen molar-refractivity contribution in [3.8, 4) is 0 Å². The number of aromatic nitrogens is 3. The molecule has 0 saturated carbocycles. The smallest absolute Gasteiger partial charge is 0.266 e. The molecular formula is C17H21N5O2.